The van der Waals surface area contributed by atoms with E-state index in [1.54, 1.807) is 0 Å². The van der Waals surface area contributed by atoms with E-state index in [2.05, 4.69) is 9.72 Å². The van der Waals surface area contributed by atoms with E-state index in [4.69, 9.17) is 10.2 Å². The Hall–Kier alpha value is -1.92. The van der Waals surface area contributed by atoms with Crippen molar-refractivity contribution in [2.45, 2.75) is 6.43 Å². The van der Waals surface area contributed by atoms with Crippen molar-refractivity contribution in [3.63, 3.8) is 0 Å². The fourth-order valence-corrected chi connectivity index (χ4v) is 1.08. The molecule has 0 saturated heterocycles. The van der Waals surface area contributed by atoms with Crippen molar-refractivity contribution >= 4 is 5.97 Å². The standard InChI is InChI=1S/C8H7F2NO4/c1-15-6-3(12)2-11-5(7(9)10)4(6)8(13)14/h2,7,12H,1H3,(H,13,14). The fourth-order valence-electron chi connectivity index (χ4n) is 1.08. The first-order valence-corrected chi connectivity index (χ1v) is 3.76. The summed E-state index contributed by atoms with van der Waals surface area (Å²) in [6.45, 7) is 0. The van der Waals surface area contributed by atoms with Gasteiger partial charge in [-0.2, -0.15) is 0 Å². The number of aromatic nitrogens is 1. The van der Waals surface area contributed by atoms with E-state index < -0.39 is 35.2 Å². The van der Waals surface area contributed by atoms with Crippen molar-refractivity contribution in [1.82, 2.24) is 4.98 Å². The number of pyridine rings is 1. The number of carboxylic acid groups (broad SMARTS) is 1. The van der Waals surface area contributed by atoms with E-state index in [0.29, 0.717) is 6.20 Å². The second-order valence-electron chi connectivity index (χ2n) is 2.54. The maximum atomic E-state index is 12.4. The van der Waals surface area contributed by atoms with E-state index >= 15 is 0 Å². The molecule has 1 heterocycles. The van der Waals surface area contributed by atoms with Crippen LogP contribution >= 0.6 is 0 Å². The van der Waals surface area contributed by atoms with E-state index in [1.165, 1.54) is 0 Å². The van der Waals surface area contributed by atoms with Gasteiger partial charge < -0.3 is 14.9 Å². The molecular weight excluding hydrogens is 212 g/mol. The van der Waals surface area contributed by atoms with Gasteiger partial charge in [0.25, 0.3) is 6.43 Å². The van der Waals surface area contributed by atoms with Crippen LogP contribution in [0, 0.1) is 0 Å². The van der Waals surface area contributed by atoms with Gasteiger partial charge in [-0.3, -0.25) is 4.98 Å². The van der Waals surface area contributed by atoms with Gasteiger partial charge in [0.05, 0.1) is 13.3 Å². The summed E-state index contributed by atoms with van der Waals surface area (Å²) >= 11 is 0. The van der Waals surface area contributed by atoms with Gasteiger partial charge in [0.15, 0.2) is 11.5 Å². The Balaban J connectivity index is 3.49. The highest BCUT2D eigenvalue weighted by Gasteiger charge is 2.26. The largest absolute Gasteiger partial charge is 0.503 e. The summed E-state index contributed by atoms with van der Waals surface area (Å²) in [5.41, 5.74) is -1.76. The molecule has 2 N–H and O–H groups in total. The van der Waals surface area contributed by atoms with Crippen LogP contribution in [-0.4, -0.2) is 28.3 Å². The average molecular weight is 219 g/mol. The predicted molar refractivity (Wildman–Crippen MR) is 44.4 cm³/mol. The molecule has 7 heteroatoms. The van der Waals surface area contributed by atoms with Crippen LogP contribution in [0.1, 0.15) is 22.5 Å². The van der Waals surface area contributed by atoms with Crippen molar-refractivity contribution in [2.24, 2.45) is 0 Å². The number of carboxylic acids is 1. The highest BCUT2D eigenvalue weighted by Crippen LogP contribution is 2.34. The summed E-state index contributed by atoms with van der Waals surface area (Å²) in [4.78, 5) is 13.8. The first-order chi connectivity index (χ1) is 6.99. The van der Waals surface area contributed by atoms with Gasteiger partial charge in [0.1, 0.15) is 11.3 Å². The minimum atomic E-state index is -3.05. The summed E-state index contributed by atoms with van der Waals surface area (Å²) in [6, 6.07) is 0. The van der Waals surface area contributed by atoms with Gasteiger partial charge >= 0.3 is 5.97 Å². The number of aromatic carboxylic acids is 1. The lowest BCUT2D eigenvalue weighted by Crippen LogP contribution is -2.08. The third kappa shape index (κ3) is 1.95. The first kappa shape index (κ1) is 11.2. The quantitative estimate of drug-likeness (QED) is 0.803. The Morgan fingerprint density at radius 2 is 2.20 bits per heavy atom. The van der Waals surface area contributed by atoms with Crippen LogP contribution in [0.15, 0.2) is 6.20 Å². The van der Waals surface area contributed by atoms with Crippen molar-refractivity contribution in [1.29, 1.82) is 0 Å². The molecule has 0 aliphatic rings. The molecule has 0 unspecified atom stereocenters. The molecule has 0 spiro atoms. The first-order valence-electron chi connectivity index (χ1n) is 3.76. The second kappa shape index (κ2) is 4.07. The van der Waals surface area contributed by atoms with Crippen molar-refractivity contribution in [3.05, 3.63) is 17.5 Å². The molecule has 0 atom stereocenters. The Kier molecular flexibility index (Phi) is 3.03. The fraction of sp³-hybridized carbons (Fsp3) is 0.250. The van der Waals surface area contributed by atoms with Crippen molar-refractivity contribution in [3.8, 4) is 11.5 Å². The molecule has 1 aromatic rings. The van der Waals surface area contributed by atoms with Crippen LogP contribution in [-0.2, 0) is 0 Å². The molecule has 0 saturated carbocycles. The van der Waals surface area contributed by atoms with Crippen LogP contribution < -0.4 is 4.74 Å². The summed E-state index contributed by atoms with van der Waals surface area (Å²) in [7, 11) is 1.07. The Morgan fingerprint density at radius 1 is 1.60 bits per heavy atom. The van der Waals surface area contributed by atoms with Crippen molar-refractivity contribution < 1.29 is 28.5 Å². The van der Waals surface area contributed by atoms with E-state index in [9.17, 15) is 13.6 Å². The summed E-state index contributed by atoms with van der Waals surface area (Å²) < 4.78 is 29.3. The monoisotopic (exact) mass is 219 g/mol. The average Bonchev–Trinajstić information content (AvgIpc) is 2.16. The minimum absolute atomic E-state index is 0.521. The predicted octanol–water partition coefficient (Wildman–Crippen LogP) is 1.43. The number of hydrogen-bond donors (Lipinski definition) is 2. The van der Waals surface area contributed by atoms with Gasteiger partial charge in [-0.05, 0) is 0 Å². The zero-order valence-electron chi connectivity index (χ0n) is 7.57. The highest BCUT2D eigenvalue weighted by molar-refractivity contribution is 5.93. The van der Waals surface area contributed by atoms with Crippen LogP contribution in [0.5, 0.6) is 11.5 Å². The molecule has 0 radical (unpaired) electrons. The lowest BCUT2D eigenvalue weighted by molar-refractivity contribution is 0.0676. The van der Waals surface area contributed by atoms with Gasteiger partial charge in [-0.1, -0.05) is 0 Å². The smallest absolute Gasteiger partial charge is 0.341 e. The molecule has 0 amide bonds. The molecule has 0 aromatic carbocycles. The van der Waals surface area contributed by atoms with Gasteiger partial charge in [0, 0.05) is 0 Å². The van der Waals surface area contributed by atoms with Crippen LogP contribution in [0.25, 0.3) is 0 Å². The van der Waals surface area contributed by atoms with E-state index in [0.717, 1.165) is 7.11 Å². The number of rotatable bonds is 3. The highest BCUT2D eigenvalue weighted by atomic mass is 19.3. The molecule has 0 aliphatic heterocycles. The lowest BCUT2D eigenvalue weighted by atomic mass is 10.1. The molecule has 1 rings (SSSR count). The number of halogens is 2. The molecule has 1 aromatic heterocycles. The van der Waals surface area contributed by atoms with Crippen molar-refractivity contribution in [2.75, 3.05) is 7.11 Å². The molecule has 82 valence electrons. The number of hydrogen-bond acceptors (Lipinski definition) is 4. The number of nitrogens with zero attached hydrogens (tertiary/aromatic N) is 1. The molecular formula is C8H7F2NO4. The van der Waals surface area contributed by atoms with Crippen LogP contribution in [0.2, 0.25) is 0 Å². The lowest BCUT2D eigenvalue weighted by Gasteiger charge is -2.10. The molecule has 0 bridgehead atoms. The number of aromatic hydroxyl groups is 1. The zero-order chi connectivity index (χ0) is 11.6. The summed E-state index contributed by atoms with van der Waals surface area (Å²) in [5, 5.41) is 17.8. The van der Waals surface area contributed by atoms with E-state index in [1.807, 2.05) is 0 Å². The van der Waals surface area contributed by atoms with Crippen LogP contribution in [0.4, 0.5) is 8.78 Å². The number of ether oxygens (including phenoxy) is 1. The molecule has 0 fully saturated rings. The Morgan fingerprint density at radius 3 is 2.60 bits per heavy atom. The number of alkyl halides is 2. The third-order valence-electron chi connectivity index (χ3n) is 1.67. The minimum Gasteiger partial charge on any atom is -0.503 e. The normalized spacial score (nSPS) is 10.4. The zero-order valence-corrected chi connectivity index (χ0v) is 7.57. The molecule has 0 aliphatic carbocycles. The van der Waals surface area contributed by atoms with E-state index in [-0.39, 0.29) is 0 Å². The van der Waals surface area contributed by atoms with Gasteiger partial charge in [-0.25, -0.2) is 13.6 Å². The number of carbonyl (C=O) groups is 1. The van der Waals surface area contributed by atoms with Gasteiger partial charge in [-0.15, -0.1) is 0 Å². The maximum Gasteiger partial charge on any atom is 0.341 e. The number of methoxy groups -OCH3 is 1. The Bertz CT molecular complexity index is 394. The molecule has 5 nitrogen and oxygen atoms in total. The Labute approximate surface area is 82.9 Å². The molecule has 15 heavy (non-hydrogen) atoms. The van der Waals surface area contributed by atoms with Gasteiger partial charge in [0.2, 0.25) is 0 Å². The third-order valence-corrected chi connectivity index (χ3v) is 1.67. The summed E-state index contributed by atoms with van der Waals surface area (Å²) in [6.07, 6.45) is -2.34. The maximum absolute atomic E-state index is 12.4. The summed E-state index contributed by atoms with van der Waals surface area (Å²) in [5.74, 6) is -2.75. The second-order valence-corrected chi connectivity index (χ2v) is 2.54. The SMILES string of the molecule is COc1c(O)cnc(C(F)F)c1C(=O)O. The van der Waals surface area contributed by atoms with Crippen LogP contribution in [0.3, 0.4) is 0 Å². The topological polar surface area (TPSA) is 79.7 Å².